The van der Waals surface area contributed by atoms with Crippen LogP contribution in [0.15, 0.2) is 23.2 Å². The molecule has 1 aromatic rings. The molecule has 0 radical (unpaired) electrons. The van der Waals surface area contributed by atoms with Crippen LogP contribution in [-0.2, 0) is 16.6 Å². The third-order valence-corrected chi connectivity index (χ3v) is 4.57. The van der Waals surface area contributed by atoms with Crippen molar-refractivity contribution >= 4 is 46.3 Å². The van der Waals surface area contributed by atoms with Gasteiger partial charge in [-0.05, 0) is 24.1 Å². The Morgan fingerprint density at radius 2 is 2.14 bits per heavy atom. The molecule has 2 heterocycles. The topological polar surface area (TPSA) is 65.4 Å². The van der Waals surface area contributed by atoms with E-state index in [4.69, 9.17) is 12.2 Å². The molecule has 1 aliphatic rings. The van der Waals surface area contributed by atoms with Gasteiger partial charge in [0.15, 0.2) is 0 Å². The number of carboxylic acid groups (broad SMARTS) is 1. The second-order valence-electron chi connectivity index (χ2n) is 5.10. The van der Waals surface area contributed by atoms with E-state index in [1.54, 1.807) is 19.9 Å². The minimum Gasteiger partial charge on any atom is -0.548 e. The number of aliphatic carboxylic acids is 1. The second kappa shape index (κ2) is 6.03. The maximum Gasteiger partial charge on any atom is 0.266 e. The van der Waals surface area contributed by atoms with E-state index in [1.807, 2.05) is 29.9 Å². The predicted molar refractivity (Wildman–Crippen MR) is 84.1 cm³/mol. The number of thiocarbonyl (C=S) groups is 1. The monoisotopic (exact) mass is 323 g/mol. The van der Waals surface area contributed by atoms with E-state index >= 15 is 0 Å². The maximum atomic E-state index is 12.5. The van der Waals surface area contributed by atoms with Gasteiger partial charge in [-0.15, -0.1) is 0 Å². The number of aromatic nitrogens is 1. The van der Waals surface area contributed by atoms with Gasteiger partial charge in [0.25, 0.3) is 5.91 Å². The zero-order valence-corrected chi connectivity index (χ0v) is 13.5. The number of carbonyl (C=O) groups is 2. The summed E-state index contributed by atoms with van der Waals surface area (Å²) in [6, 6.07) is 2.69. The van der Waals surface area contributed by atoms with Gasteiger partial charge in [-0.3, -0.25) is 9.69 Å². The summed E-state index contributed by atoms with van der Waals surface area (Å²) in [4.78, 5) is 25.3. The number of nitrogens with zero attached hydrogens (tertiary/aromatic N) is 2. The lowest BCUT2D eigenvalue weighted by atomic mass is 10.0. The number of amides is 1. The minimum absolute atomic E-state index is 0.253. The zero-order valence-electron chi connectivity index (χ0n) is 11.9. The summed E-state index contributed by atoms with van der Waals surface area (Å²) in [7, 11) is 1.87. The Kier molecular flexibility index (Phi) is 4.53. The van der Waals surface area contributed by atoms with E-state index < -0.39 is 12.0 Å². The van der Waals surface area contributed by atoms with Gasteiger partial charge in [0.05, 0.1) is 16.9 Å². The number of carboxylic acids is 1. The van der Waals surface area contributed by atoms with E-state index in [-0.39, 0.29) is 16.1 Å². The van der Waals surface area contributed by atoms with Crippen LogP contribution in [0.25, 0.3) is 6.08 Å². The third kappa shape index (κ3) is 3.03. The molecule has 112 valence electrons. The first-order valence-corrected chi connectivity index (χ1v) is 7.64. The normalized spacial score (nSPS) is 18.9. The zero-order chi connectivity index (χ0) is 15.7. The van der Waals surface area contributed by atoms with Crippen molar-refractivity contribution in [1.82, 2.24) is 9.47 Å². The standard InChI is InChI=1S/C14H16N2O3S2/c1-8(2)11(13(18)19)16-12(17)10(21-14(16)20)7-9-5-4-6-15(9)3/h4-8,11H,1-3H3,(H,18,19)/p-1/b10-7+/t11-/m0/s1. The van der Waals surface area contributed by atoms with Crippen molar-refractivity contribution in [3.8, 4) is 0 Å². The van der Waals surface area contributed by atoms with Crippen LogP contribution in [0.2, 0.25) is 0 Å². The number of hydrogen-bond acceptors (Lipinski definition) is 5. The van der Waals surface area contributed by atoms with Gasteiger partial charge in [0.2, 0.25) is 0 Å². The van der Waals surface area contributed by atoms with E-state index in [1.165, 1.54) is 0 Å². The van der Waals surface area contributed by atoms with Crippen molar-refractivity contribution in [2.75, 3.05) is 0 Å². The van der Waals surface area contributed by atoms with Crippen LogP contribution in [-0.4, -0.2) is 31.7 Å². The van der Waals surface area contributed by atoms with Crippen LogP contribution in [0.5, 0.6) is 0 Å². The van der Waals surface area contributed by atoms with Crippen LogP contribution < -0.4 is 5.11 Å². The molecule has 5 nitrogen and oxygen atoms in total. The quantitative estimate of drug-likeness (QED) is 0.611. The van der Waals surface area contributed by atoms with Crippen molar-refractivity contribution in [3.63, 3.8) is 0 Å². The maximum absolute atomic E-state index is 12.5. The van der Waals surface area contributed by atoms with Crippen molar-refractivity contribution in [2.24, 2.45) is 13.0 Å². The van der Waals surface area contributed by atoms with Gasteiger partial charge in [0.1, 0.15) is 4.32 Å². The summed E-state index contributed by atoms with van der Waals surface area (Å²) in [6.45, 7) is 3.44. The van der Waals surface area contributed by atoms with Crippen LogP contribution in [0, 0.1) is 5.92 Å². The minimum atomic E-state index is -1.29. The number of aryl methyl sites for hydroxylation is 1. The molecule has 1 aromatic heterocycles. The molecule has 2 rings (SSSR count). The van der Waals surface area contributed by atoms with Gasteiger partial charge in [-0.1, -0.05) is 37.8 Å². The molecule has 1 amide bonds. The molecule has 0 saturated carbocycles. The molecule has 7 heteroatoms. The fraction of sp³-hybridized carbons (Fsp3) is 0.357. The number of thioether (sulfide) groups is 1. The highest BCUT2D eigenvalue weighted by molar-refractivity contribution is 8.26. The first-order valence-electron chi connectivity index (χ1n) is 6.42. The average Bonchev–Trinajstić information content (AvgIpc) is 2.88. The van der Waals surface area contributed by atoms with E-state index in [9.17, 15) is 14.7 Å². The van der Waals surface area contributed by atoms with Gasteiger partial charge in [-0.25, -0.2) is 0 Å². The molecule has 0 aliphatic carbocycles. The molecule has 0 unspecified atom stereocenters. The Balaban J connectivity index is 2.34. The third-order valence-electron chi connectivity index (χ3n) is 3.24. The fourth-order valence-corrected chi connectivity index (χ4v) is 3.47. The Labute approximate surface area is 132 Å². The molecule has 0 bridgehead atoms. The van der Waals surface area contributed by atoms with E-state index in [2.05, 4.69) is 0 Å². The van der Waals surface area contributed by atoms with Gasteiger partial charge >= 0.3 is 0 Å². The van der Waals surface area contributed by atoms with Gasteiger partial charge in [0, 0.05) is 18.9 Å². The summed E-state index contributed by atoms with van der Waals surface area (Å²) in [5.41, 5.74) is 0.852. The predicted octanol–water partition coefficient (Wildman–Crippen LogP) is 1.00. The number of carbonyl (C=O) groups excluding carboxylic acids is 2. The molecule has 1 fully saturated rings. The first-order chi connectivity index (χ1) is 9.82. The lowest BCUT2D eigenvalue weighted by Gasteiger charge is -2.30. The largest absolute Gasteiger partial charge is 0.548 e. The van der Waals surface area contributed by atoms with Crippen molar-refractivity contribution < 1.29 is 14.7 Å². The summed E-state index contributed by atoms with van der Waals surface area (Å²) in [6.07, 6.45) is 3.58. The summed E-state index contributed by atoms with van der Waals surface area (Å²) >= 11 is 6.28. The Morgan fingerprint density at radius 1 is 1.48 bits per heavy atom. The van der Waals surface area contributed by atoms with Crippen LogP contribution in [0.4, 0.5) is 0 Å². The molecule has 21 heavy (non-hydrogen) atoms. The van der Waals surface area contributed by atoms with Gasteiger partial charge < -0.3 is 14.5 Å². The van der Waals surface area contributed by atoms with Crippen LogP contribution in [0.1, 0.15) is 19.5 Å². The van der Waals surface area contributed by atoms with E-state index in [0.29, 0.717) is 4.91 Å². The highest BCUT2D eigenvalue weighted by atomic mass is 32.2. The molecular weight excluding hydrogens is 308 g/mol. The number of hydrogen-bond donors (Lipinski definition) is 0. The van der Waals surface area contributed by atoms with Gasteiger partial charge in [-0.2, -0.15) is 0 Å². The highest BCUT2D eigenvalue weighted by Crippen LogP contribution is 2.35. The molecule has 0 spiro atoms. The molecule has 0 N–H and O–H groups in total. The first kappa shape index (κ1) is 15.8. The van der Waals surface area contributed by atoms with Crippen LogP contribution >= 0.6 is 24.0 Å². The molecule has 1 atom stereocenters. The summed E-state index contributed by atoms with van der Waals surface area (Å²) in [5.74, 6) is -1.96. The van der Waals surface area contributed by atoms with E-state index in [0.717, 1.165) is 22.4 Å². The second-order valence-corrected chi connectivity index (χ2v) is 6.78. The Bertz CT molecular complexity index is 634. The average molecular weight is 323 g/mol. The fourth-order valence-electron chi connectivity index (χ4n) is 2.15. The van der Waals surface area contributed by atoms with Crippen molar-refractivity contribution in [1.29, 1.82) is 0 Å². The summed E-state index contributed by atoms with van der Waals surface area (Å²) < 4.78 is 2.12. The molecule has 1 saturated heterocycles. The highest BCUT2D eigenvalue weighted by Gasteiger charge is 2.39. The lowest BCUT2D eigenvalue weighted by Crippen LogP contribution is -2.52. The molecular formula is C14H15N2O3S2-. The Hall–Kier alpha value is -1.60. The smallest absolute Gasteiger partial charge is 0.266 e. The molecule has 0 aromatic carbocycles. The lowest BCUT2D eigenvalue weighted by molar-refractivity contribution is -0.311. The SMILES string of the molecule is CC(C)[C@@H](C(=O)[O-])N1C(=O)/C(=C\c2cccn2C)SC1=S. The Morgan fingerprint density at radius 3 is 2.62 bits per heavy atom. The van der Waals surface area contributed by atoms with Crippen molar-refractivity contribution in [2.45, 2.75) is 19.9 Å². The molecule has 1 aliphatic heterocycles. The summed E-state index contributed by atoms with van der Waals surface area (Å²) in [5, 5.41) is 11.3. The van der Waals surface area contributed by atoms with Crippen LogP contribution in [0.3, 0.4) is 0 Å². The number of rotatable bonds is 4. The van der Waals surface area contributed by atoms with Crippen molar-refractivity contribution in [3.05, 3.63) is 28.9 Å².